The molecule has 0 atom stereocenters. The third-order valence-corrected chi connectivity index (χ3v) is 2.97. The van der Waals surface area contributed by atoms with E-state index in [1.807, 2.05) is 24.3 Å². The molecule has 2 aromatic carbocycles. The summed E-state index contributed by atoms with van der Waals surface area (Å²) in [5.74, 6) is 0. The van der Waals surface area contributed by atoms with E-state index in [0.717, 1.165) is 11.3 Å². The SMILES string of the molecule is OCc1cccc(Nc2c(Cl)cccc2Cl)c1. The Morgan fingerprint density at radius 3 is 2.29 bits per heavy atom. The highest BCUT2D eigenvalue weighted by Crippen LogP contribution is 2.32. The number of hydrogen-bond acceptors (Lipinski definition) is 2. The van der Waals surface area contributed by atoms with Crippen LogP contribution in [0.5, 0.6) is 0 Å². The Morgan fingerprint density at radius 1 is 1.00 bits per heavy atom. The van der Waals surface area contributed by atoms with Gasteiger partial charge in [-0.15, -0.1) is 0 Å². The predicted molar refractivity (Wildman–Crippen MR) is 72.1 cm³/mol. The topological polar surface area (TPSA) is 32.3 Å². The third kappa shape index (κ3) is 2.91. The highest BCUT2D eigenvalue weighted by Gasteiger charge is 2.05. The number of para-hydroxylation sites is 1. The van der Waals surface area contributed by atoms with Crippen LogP contribution in [0.4, 0.5) is 11.4 Å². The smallest absolute Gasteiger partial charge is 0.0762 e. The van der Waals surface area contributed by atoms with Crippen LogP contribution >= 0.6 is 23.2 Å². The summed E-state index contributed by atoms with van der Waals surface area (Å²) < 4.78 is 0. The van der Waals surface area contributed by atoms with Gasteiger partial charge in [0.15, 0.2) is 0 Å². The highest BCUT2D eigenvalue weighted by molar-refractivity contribution is 6.39. The monoisotopic (exact) mass is 267 g/mol. The van der Waals surface area contributed by atoms with Gasteiger partial charge in [0.25, 0.3) is 0 Å². The van der Waals surface area contributed by atoms with Crippen LogP contribution in [0, 0.1) is 0 Å². The zero-order valence-electron chi connectivity index (χ0n) is 8.95. The lowest BCUT2D eigenvalue weighted by molar-refractivity contribution is 0.282. The molecule has 0 saturated carbocycles. The third-order valence-electron chi connectivity index (χ3n) is 2.34. The molecule has 0 fully saturated rings. The summed E-state index contributed by atoms with van der Waals surface area (Å²) in [6.07, 6.45) is 0. The van der Waals surface area contributed by atoms with E-state index in [1.165, 1.54) is 0 Å². The van der Waals surface area contributed by atoms with Crippen molar-refractivity contribution in [2.75, 3.05) is 5.32 Å². The van der Waals surface area contributed by atoms with Crippen LogP contribution in [-0.2, 0) is 6.61 Å². The molecule has 0 spiro atoms. The molecular formula is C13H11Cl2NO. The maximum absolute atomic E-state index is 9.06. The van der Waals surface area contributed by atoms with Gasteiger partial charge in [0.2, 0.25) is 0 Å². The fourth-order valence-electron chi connectivity index (χ4n) is 1.51. The van der Waals surface area contributed by atoms with Crippen LogP contribution in [0.15, 0.2) is 42.5 Å². The number of benzene rings is 2. The molecule has 0 saturated heterocycles. The molecule has 0 unspecified atom stereocenters. The van der Waals surface area contributed by atoms with Crippen molar-refractivity contribution in [1.29, 1.82) is 0 Å². The molecule has 2 nitrogen and oxygen atoms in total. The van der Waals surface area contributed by atoms with Crippen molar-refractivity contribution in [1.82, 2.24) is 0 Å². The molecule has 17 heavy (non-hydrogen) atoms. The maximum Gasteiger partial charge on any atom is 0.0762 e. The van der Waals surface area contributed by atoms with E-state index in [9.17, 15) is 0 Å². The molecule has 88 valence electrons. The Morgan fingerprint density at radius 2 is 1.65 bits per heavy atom. The van der Waals surface area contributed by atoms with Gasteiger partial charge in [-0.05, 0) is 29.8 Å². The Kier molecular flexibility index (Phi) is 3.89. The van der Waals surface area contributed by atoms with Crippen LogP contribution < -0.4 is 5.32 Å². The van der Waals surface area contributed by atoms with Gasteiger partial charge < -0.3 is 10.4 Å². The molecule has 0 aliphatic rings. The Balaban J connectivity index is 2.31. The molecule has 0 amide bonds. The Labute approximate surface area is 110 Å². The molecule has 2 aromatic rings. The lowest BCUT2D eigenvalue weighted by atomic mass is 10.2. The summed E-state index contributed by atoms with van der Waals surface area (Å²) >= 11 is 12.1. The zero-order chi connectivity index (χ0) is 12.3. The van der Waals surface area contributed by atoms with Gasteiger partial charge in [0, 0.05) is 5.69 Å². The van der Waals surface area contributed by atoms with Crippen molar-refractivity contribution in [3.63, 3.8) is 0 Å². The van der Waals surface area contributed by atoms with Gasteiger partial charge in [-0.3, -0.25) is 0 Å². The molecule has 0 bridgehead atoms. The maximum atomic E-state index is 9.06. The number of nitrogens with one attached hydrogen (secondary N) is 1. The normalized spacial score (nSPS) is 10.3. The van der Waals surface area contributed by atoms with Crippen molar-refractivity contribution >= 4 is 34.6 Å². The molecular weight excluding hydrogens is 257 g/mol. The molecule has 4 heteroatoms. The van der Waals surface area contributed by atoms with Gasteiger partial charge in [-0.1, -0.05) is 41.4 Å². The second-order valence-corrected chi connectivity index (χ2v) is 4.39. The summed E-state index contributed by atoms with van der Waals surface area (Å²) in [7, 11) is 0. The Hall–Kier alpha value is -1.22. The average Bonchev–Trinajstić information content (AvgIpc) is 2.34. The summed E-state index contributed by atoms with van der Waals surface area (Å²) in [5, 5.41) is 13.3. The standard InChI is InChI=1S/C13H11Cl2NO/c14-11-5-2-6-12(15)13(11)16-10-4-1-3-9(7-10)8-17/h1-7,16-17H,8H2. The molecule has 0 aromatic heterocycles. The highest BCUT2D eigenvalue weighted by atomic mass is 35.5. The van der Waals surface area contributed by atoms with Gasteiger partial charge in [0.05, 0.1) is 22.3 Å². The first kappa shape index (κ1) is 12.2. The molecule has 0 aliphatic heterocycles. The van der Waals surface area contributed by atoms with Crippen LogP contribution in [0.25, 0.3) is 0 Å². The van der Waals surface area contributed by atoms with E-state index in [0.29, 0.717) is 15.7 Å². The van der Waals surface area contributed by atoms with E-state index < -0.39 is 0 Å². The first-order chi connectivity index (χ1) is 8.20. The fraction of sp³-hybridized carbons (Fsp3) is 0.0769. The molecule has 2 N–H and O–H groups in total. The first-order valence-electron chi connectivity index (χ1n) is 5.11. The van der Waals surface area contributed by atoms with E-state index in [-0.39, 0.29) is 6.61 Å². The Bertz CT molecular complexity index is 508. The average molecular weight is 268 g/mol. The van der Waals surface area contributed by atoms with E-state index in [1.54, 1.807) is 18.2 Å². The summed E-state index contributed by atoms with van der Waals surface area (Å²) in [5.41, 5.74) is 2.34. The number of rotatable bonds is 3. The van der Waals surface area contributed by atoms with E-state index in [4.69, 9.17) is 28.3 Å². The zero-order valence-corrected chi connectivity index (χ0v) is 10.5. The molecule has 0 radical (unpaired) electrons. The van der Waals surface area contributed by atoms with Crippen molar-refractivity contribution in [3.8, 4) is 0 Å². The summed E-state index contributed by atoms with van der Waals surface area (Å²) in [4.78, 5) is 0. The molecule has 2 rings (SSSR count). The minimum atomic E-state index is 0.00573. The molecule has 0 aliphatic carbocycles. The minimum absolute atomic E-state index is 0.00573. The van der Waals surface area contributed by atoms with Crippen LogP contribution in [0.2, 0.25) is 10.0 Å². The van der Waals surface area contributed by atoms with Gasteiger partial charge >= 0.3 is 0 Å². The summed E-state index contributed by atoms with van der Waals surface area (Å²) in [6, 6.07) is 12.8. The quantitative estimate of drug-likeness (QED) is 0.873. The second-order valence-electron chi connectivity index (χ2n) is 3.58. The van der Waals surface area contributed by atoms with Crippen molar-refractivity contribution in [2.24, 2.45) is 0 Å². The van der Waals surface area contributed by atoms with Gasteiger partial charge in [-0.25, -0.2) is 0 Å². The van der Waals surface area contributed by atoms with Gasteiger partial charge in [-0.2, -0.15) is 0 Å². The van der Waals surface area contributed by atoms with Crippen LogP contribution in [0.3, 0.4) is 0 Å². The van der Waals surface area contributed by atoms with Crippen molar-refractivity contribution in [2.45, 2.75) is 6.61 Å². The lowest BCUT2D eigenvalue weighted by Gasteiger charge is -2.10. The van der Waals surface area contributed by atoms with E-state index >= 15 is 0 Å². The predicted octanol–water partition coefficient (Wildman–Crippen LogP) is 4.23. The fourth-order valence-corrected chi connectivity index (χ4v) is 2.00. The van der Waals surface area contributed by atoms with Crippen molar-refractivity contribution < 1.29 is 5.11 Å². The van der Waals surface area contributed by atoms with Crippen molar-refractivity contribution in [3.05, 3.63) is 58.1 Å². The number of anilines is 2. The van der Waals surface area contributed by atoms with Gasteiger partial charge in [0.1, 0.15) is 0 Å². The number of hydrogen-bond donors (Lipinski definition) is 2. The number of aliphatic hydroxyl groups excluding tert-OH is 1. The van der Waals surface area contributed by atoms with Crippen LogP contribution in [-0.4, -0.2) is 5.11 Å². The minimum Gasteiger partial charge on any atom is -0.392 e. The number of halogens is 2. The van der Waals surface area contributed by atoms with Crippen LogP contribution in [0.1, 0.15) is 5.56 Å². The molecule has 0 heterocycles. The first-order valence-corrected chi connectivity index (χ1v) is 5.87. The second kappa shape index (κ2) is 5.41. The largest absolute Gasteiger partial charge is 0.392 e. The summed E-state index contributed by atoms with van der Waals surface area (Å²) in [6.45, 7) is 0.00573. The lowest BCUT2D eigenvalue weighted by Crippen LogP contribution is -1.93. The van der Waals surface area contributed by atoms with E-state index in [2.05, 4.69) is 5.32 Å². The number of aliphatic hydroxyl groups is 1.